The quantitative estimate of drug-likeness (QED) is 0.786. The largest absolute Gasteiger partial charge is 0.309 e. The van der Waals surface area contributed by atoms with Crippen LogP contribution in [0.1, 0.15) is 38.3 Å². The zero-order chi connectivity index (χ0) is 14.5. The maximum Gasteiger partial charge on any atom is 0.163 e. The summed E-state index contributed by atoms with van der Waals surface area (Å²) in [5.74, 6) is -0.689. The van der Waals surface area contributed by atoms with Crippen molar-refractivity contribution in [2.75, 3.05) is 26.2 Å². The van der Waals surface area contributed by atoms with E-state index in [1.165, 1.54) is 18.9 Å². The standard InChI is InChI=1S/C16H24F2N2/c1-3-19-15(11-20(4-2)10-12-8-9-12)13-6-5-7-14(17)16(13)18/h5-7,12,15,19H,3-4,8-11H2,1-2H3. The fourth-order valence-electron chi connectivity index (χ4n) is 2.57. The Hall–Kier alpha value is -1.00. The van der Waals surface area contributed by atoms with Gasteiger partial charge in [-0.15, -0.1) is 0 Å². The average molecular weight is 282 g/mol. The Bertz CT molecular complexity index is 432. The first kappa shape index (κ1) is 15.4. The van der Waals surface area contributed by atoms with Crippen LogP contribution in [0.5, 0.6) is 0 Å². The van der Waals surface area contributed by atoms with Crippen molar-refractivity contribution in [3.63, 3.8) is 0 Å². The van der Waals surface area contributed by atoms with Crippen molar-refractivity contribution >= 4 is 0 Å². The molecule has 1 aromatic carbocycles. The van der Waals surface area contributed by atoms with Crippen LogP contribution >= 0.6 is 0 Å². The molecule has 2 nitrogen and oxygen atoms in total. The molecule has 0 aromatic heterocycles. The van der Waals surface area contributed by atoms with Gasteiger partial charge in [-0.25, -0.2) is 8.78 Å². The first-order valence-electron chi connectivity index (χ1n) is 7.55. The van der Waals surface area contributed by atoms with Crippen molar-refractivity contribution in [3.05, 3.63) is 35.4 Å². The molecule has 0 spiro atoms. The second kappa shape index (κ2) is 7.14. The Balaban J connectivity index is 2.10. The topological polar surface area (TPSA) is 15.3 Å². The molecule has 20 heavy (non-hydrogen) atoms. The van der Waals surface area contributed by atoms with Gasteiger partial charge in [-0.1, -0.05) is 26.0 Å². The molecule has 1 unspecified atom stereocenters. The lowest BCUT2D eigenvalue weighted by molar-refractivity contribution is 0.242. The highest BCUT2D eigenvalue weighted by atomic mass is 19.2. The molecule has 0 amide bonds. The van der Waals surface area contributed by atoms with Gasteiger partial charge in [-0.05, 0) is 37.9 Å². The monoisotopic (exact) mass is 282 g/mol. The van der Waals surface area contributed by atoms with Gasteiger partial charge in [-0.2, -0.15) is 0 Å². The lowest BCUT2D eigenvalue weighted by Gasteiger charge is -2.27. The van der Waals surface area contributed by atoms with Crippen LogP contribution in [-0.4, -0.2) is 31.1 Å². The Morgan fingerprint density at radius 1 is 1.30 bits per heavy atom. The molecule has 1 aliphatic rings. The van der Waals surface area contributed by atoms with Crippen LogP contribution in [0.15, 0.2) is 18.2 Å². The molecule has 1 aromatic rings. The molecular formula is C16H24F2N2. The molecule has 2 rings (SSSR count). The van der Waals surface area contributed by atoms with Crippen molar-refractivity contribution in [1.82, 2.24) is 10.2 Å². The van der Waals surface area contributed by atoms with Crippen molar-refractivity contribution in [1.29, 1.82) is 0 Å². The Morgan fingerprint density at radius 2 is 2.05 bits per heavy atom. The van der Waals surface area contributed by atoms with Crippen LogP contribution in [0.25, 0.3) is 0 Å². The van der Waals surface area contributed by atoms with E-state index in [4.69, 9.17) is 0 Å². The molecule has 1 fully saturated rings. The van der Waals surface area contributed by atoms with Crippen molar-refractivity contribution in [2.45, 2.75) is 32.7 Å². The van der Waals surface area contributed by atoms with Crippen LogP contribution in [-0.2, 0) is 0 Å². The van der Waals surface area contributed by atoms with Gasteiger partial charge in [0.1, 0.15) is 0 Å². The van der Waals surface area contributed by atoms with E-state index in [0.717, 1.165) is 32.1 Å². The van der Waals surface area contributed by atoms with Crippen LogP contribution in [0.3, 0.4) is 0 Å². The Labute approximate surface area is 120 Å². The highest BCUT2D eigenvalue weighted by molar-refractivity contribution is 5.23. The zero-order valence-corrected chi connectivity index (χ0v) is 12.3. The Kier molecular flexibility index (Phi) is 5.49. The minimum Gasteiger partial charge on any atom is -0.309 e. The number of halogens is 2. The zero-order valence-electron chi connectivity index (χ0n) is 12.3. The van der Waals surface area contributed by atoms with Crippen LogP contribution < -0.4 is 5.32 Å². The summed E-state index contributed by atoms with van der Waals surface area (Å²) in [5, 5.41) is 3.28. The first-order valence-corrected chi connectivity index (χ1v) is 7.55. The highest BCUT2D eigenvalue weighted by Gasteiger charge is 2.26. The Morgan fingerprint density at radius 3 is 2.65 bits per heavy atom. The van der Waals surface area contributed by atoms with Gasteiger partial charge in [0, 0.05) is 24.7 Å². The summed E-state index contributed by atoms with van der Waals surface area (Å²) in [7, 11) is 0. The molecule has 1 saturated carbocycles. The lowest BCUT2D eigenvalue weighted by atomic mass is 10.0. The number of hydrogen-bond donors (Lipinski definition) is 1. The fourth-order valence-corrected chi connectivity index (χ4v) is 2.57. The number of nitrogens with zero attached hydrogens (tertiary/aromatic N) is 1. The summed E-state index contributed by atoms with van der Waals surface area (Å²) in [6.45, 7) is 7.57. The van der Waals surface area contributed by atoms with E-state index in [1.807, 2.05) is 6.92 Å². The summed E-state index contributed by atoms with van der Waals surface area (Å²) in [5.41, 5.74) is 0.432. The maximum absolute atomic E-state index is 14.0. The third kappa shape index (κ3) is 4.00. The summed E-state index contributed by atoms with van der Waals surface area (Å²) in [6.07, 6.45) is 2.60. The van der Waals surface area contributed by atoms with E-state index >= 15 is 0 Å². The second-order valence-corrected chi connectivity index (χ2v) is 5.55. The molecular weight excluding hydrogens is 258 g/mol. The van der Waals surface area contributed by atoms with Crippen LogP contribution in [0.2, 0.25) is 0 Å². The minimum absolute atomic E-state index is 0.158. The van der Waals surface area contributed by atoms with Crippen LogP contribution in [0, 0.1) is 17.6 Å². The summed E-state index contributed by atoms with van der Waals surface area (Å²) >= 11 is 0. The van der Waals surface area contributed by atoms with Gasteiger partial charge in [-0.3, -0.25) is 0 Å². The van der Waals surface area contributed by atoms with Crippen LogP contribution in [0.4, 0.5) is 8.78 Å². The van der Waals surface area contributed by atoms with Crippen molar-refractivity contribution in [3.8, 4) is 0 Å². The van der Waals surface area contributed by atoms with E-state index in [0.29, 0.717) is 5.56 Å². The lowest BCUT2D eigenvalue weighted by Crippen LogP contribution is -2.36. The van der Waals surface area contributed by atoms with E-state index < -0.39 is 11.6 Å². The van der Waals surface area contributed by atoms with E-state index in [2.05, 4.69) is 17.1 Å². The molecule has 0 heterocycles. The number of benzene rings is 1. The number of rotatable bonds is 8. The molecule has 112 valence electrons. The van der Waals surface area contributed by atoms with Crippen molar-refractivity contribution < 1.29 is 8.78 Å². The fraction of sp³-hybridized carbons (Fsp3) is 0.625. The smallest absolute Gasteiger partial charge is 0.163 e. The highest BCUT2D eigenvalue weighted by Crippen LogP contribution is 2.30. The predicted octanol–water partition coefficient (Wildman–Crippen LogP) is 3.35. The summed E-state index contributed by atoms with van der Waals surface area (Å²) in [4.78, 5) is 2.33. The summed E-state index contributed by atoms with van der Waals surface area (Å²) < 4.78 is 27.4. The number of hydrogen-bond acceptors (Lipinski definition) is 2. The SMILES string of the molecule is CCNC(CN(CC)CC1CC1)c1cccc(F)c1F. The van der Waals surface area contributed by atoms with Gasteiger partial charge in [0.25, 0.3) is 0 Å². The molecule has 0 bridgehead atoms. The predicted molar refractivity (Wildman–Crippen MR) is 77.6 cm³/mol. The summed E-state index contributed by atoms with van der Waals surface area (Å²) in [6, 6.07) is 4.27. The van der Waals surface area contributed by atoms with Crippen molar-refractivity contribution in [2.24, 2.45) is 5.92 Å². The molecule has 1 N–H and O–H groups in total. The van der Waals surface area contributed by atoms with Gasteiger partial charge in [0.05, 0.1) is 0 Å². The second-order valence-electron chi connectivity index (χ2n) is 5.55. The molecule has 0 aliphatic heterocycles. The maximum atomic E-state index is 14.0. The van der Waals surface area contributed by atoms with Gasteiger partial charge in [0.15, 0.2) is 11.6 Å². The molecule has 1 aliphatic carbocycles. The number of nitrogens with one attached hydrogen (secondary N) is 1. The van der Waals surface area contributed by atoms with Gasteiger partial charge in [0.2, 0.25) is 0 Å². The van der Waals surface area contributed by atoms with Gasteiger partial charge >= 0.3 is 0 Å². The third-order valence-electron chi connectivity index (χ3n) is 3.91. The normalized spacial score (nSPS) is 16.6. The average Bonchev–Trinajstić information content (AvgIpc) is 3.24. The molecule has 0 radical (unpaired) electrons. The third-order valence-corrected chi connectivity index (χ3v) is 3.91. The minimum atomic E-state index is -0.768. The first-order chi connectivity index (χ1) is 9.65. The van der Waals surface area contributed by atoms with E-state index in [9.17, 15) is 8.78 Å². The van der Waals surface area contributed by atoms with E-state index in [-0.39, 0.29) is 6.04 Å². The molecule has 0 saturated heterocycles. The van der Waals surface area contributed by atoms with Gasteiger partial charge < -0.3 is 10.2 Å². The molecule has 1 atom stereocenters. The molecule has 4 heteroatoms. The van der Waals surface area contributed by atoms with E-state index in [1.54, 1.807) is 12.1 Å². The number of likely N-dealkylation sites (N-methyl/N-ethyl adjacent to an activating group) is 2.